The zero-order chi connectivity index (χ0) is 14.3. The van der Waals surface area contributed by atoms with Gasteiger partial charge in [0.15, 0.2) is 0 Å². The minimum absolute atomic E-state index is 0.370. The molecule has 0 atom stereocenters. The van der Waals surface area contributed by atoms with Crippen LogP contribution in [0.2, 0.25) is 0 Å². The highest BCUT2D eigenvalue weighted by Crippen LogP contribution is 2.37. The molecule has 1 aromatic carbocycles. The van der Waals surface area contributed by atoms with E-state index < -0.39 is 5.97 Å². The van der Waals surface area contributed by atoms with Crippen molar-refractivity contribution >= 4 is 17.3 Å². The third kappa shape index (κ3) is 2.19. The van der Waals surface area contributed by atoms with Gasteiger partial charge in [0.05, 0.1) is 5.56 Å². The quantitative estimate of drug-likeness (QED) is 0.865. The first-order chi connectivity index (χ1) is 8.84. The second-order valence-corrected chi connectivity index (χ2v) is 5.92. The zero-order valence-electron chi connectivity index (χ0n) is 11.9. The molecule has 0 aliphatic heterocycles. The first-order valence-electron chi connectivity index (χ1n) is 6.23. The molecule has 0 unspecified atom stereocenters. The summed E-state index contributed by atoms with van der Waals surface area (Å²) in [4.78, 5) is 12.1. The second-order valence-electron chi connectivity index (χ2n) is 5.00. The maximum Gasteiger partial charge on any atom is 0.336 e. The molecule has 1 heterocycles. The molecule has 2 aromatic rings. The number of carbonyl (C=O) groups is 1. The number of rotatable bonds is 2. The molecule has 0 bridgehead atoms. The molecule has 0 saturated heterocycles. The third-order valence-electron chi connectivity index (χ3n) is 4.09. The van der Waals surface area contributed by atoms with Gasteiger partial charge in [-0.05, 0) is 74.1 Å². The van der Waals surface area contributed by atoms with E-state index in [0.29, 0.717) is 5.56 Å². The monoisotopic (exact) mass is 274 g/mol. The van der Waals surface area contributed by atoms with Crippen LogP contribution in [0.4, 0.5) is 0 Å². The summed E-state index contributed by atoms with van der Waals surface area (Å²) in [5, 5.41) is 10.8. The molecule has 0 radical (unpaired) electrons. The Kier molecular flexibility index (Phi) is 3.50. The van der Waals surface area contributed by atoms with Crippen molar-refractivity contribution in [1.82, 2.24) is 0 Å². The summed E-state index contributed by atoms with van der Waals surface area (Å²) in [7, 11) is 0. The summed E-state index contributed by atoms with van der Waals surface area (Å²) in [5.41, 5.74) is 7.98. The van der Waals surface area contributed by atoms with Crippen LogP contribution < -0.4 is 0 Å². The smallest absolute Gasteiger partial charge is 0.336 e. The average molecular weight is 274 g/mol. The van der Waals surface area contributed by atoms with E-state index >= 15 is 0 Å². The van der Waals surface area contributed by atoms with Gasteiger partial charge in [0.2, 0.25) is 0 Å². The van der Waals surface area contributed by atoms with Crippen LogP contribution in [0, 0.1) is 34.6 Å². The summed E-state index contributed by atoms with van der Waals surface area (Å²) in [6, 6.07) is 1.77. The fourth-order valence-corrected chi connectivity index (χ4v) is 3.49. The van der Waals surface area contributed by atoms with Crippen LogP contribution >= 0.6 is 11.3 Å². The summed E-state index contributed by atoms with van der Waals surface area (Å²) < 4.78 is 0. The highest BCUT2D eigenvalue weighted by molar-refractivity contribution is 7.13. The molecule has 0 spiro atoms. The second kappa shape index (κ2) is 4.82. The maximum absolute atomic E-state index is 11.0. The van der Waals surface area contributed by atoms with Crippen molar-refractivity contribution in [3.63, 3.8) is 0 Å². The van der Waals surface area contributed by atoms with Gasteiger partial charge in [0.25, 0.3) is 0 Å². The number of carboxylic acid groups (broad SMARTS) is 1. The molecule has 0 amide bonds. The molecule has 2 rings (SSSR count). The third-order valence-corrected chi connectivity index (χ3v) is 5.04. The summed E-state index contributed by atoms with van der Waals surface area (Å²) in [6.07, 6.45) is 0. The zero-order valence-corrected chi connectivity index (χ0v) is 12.7. The number of thiophene rings is 1. The molecule has 0 fully saturated rings. The Morgan fingerprint density at radius 3 is 1.84 bits per heavy atom. The predicted molar refractivity (Wildman–Crippen MR) is 80.4 cm³/mol. The summed E-state index contributed by atoms with van der Waals surface area (Å²) in [6.45, 7) is 10.6. The van der Waals surface area contributed by atoms with Gasteiger partial charge in [-0.25, -0.2) is 4.79 Å². The standard InChI is InChI=1S/C16H18O2S/c1-8-9(2)11(4)15(12(5)10(8)3)14-6-13(7-19-14)16(17)18/h6-7H,1-5H3,(H,17,18). The van der Waals surface area contributed by atoms with Gasteiger partial charge < -0.3 is 5.11 Å². The first kappa shape index (κ1) is 13.8. The molecule has 0 saturated carbocycles. The minimum Gasteiger partial charge on any atom is -0.478 e. The van der Waals surface area contributed by atoms with Gasteiger partial charge in [-0.3, -0.25) is 0 Å². The SMILES string of the molecule is Cc1c(C)c(C)c(-c2cc(C(=O)O)cs2)c(C)c1C. The number of hydrogen-bond acceptors (Lipinski definition) is 2. The van der Waals surface area contributed by atoms with Crippen LogP contribution in [-0.4, -0.2) is 11.1 Å². The largest absolute Gasteiger partial charge is 0.478 e. The number of aromatic carboxylic acids is 1. The summed E-state index contributed by atoms with van der Waals surface area (Å²) >= 11 is 1.50. The molecule has 0 aliphatic rings. The Balaban J connectivity index is 2.71. The average Bonchev–Trinajstić information content (AvgIpc) is 2.84. The van der Waals surface area contributed by atoms with Gasteiger partial charge in [-0.1, -0.05) is 0 Å². The van der Waals surface area contributed by atoms with E-state index in [1.54, 1.807) is 11.4 Å². The van der Waals surface area contributed by atoms with Crippen LogP contribution in [0.1, 0.15) is 38.2 Å². The van der Waals surface area contributed by atoms with Crippen LogP contribution in [0.15, 0.2) is 11.4 Å². The molecule has 100 valence electrons. The van der Waals surface area contributed by atoms with Crippen LogP contribution in [0.5, 0.6) is 0 Å². The molecular formula is C16H18O2S. The van der Waals surface area contributed by atoms with Gasteiger partial charge in [-0.2, -0.15) is 0 Å². The van der Waals surface area contributed by atoms with Crippen molar-refractivity contribution in [2.75, 3.05) is 0 Å². The predicted octanol–water partition coefficient (Wildman–Crippen LogP) is 4.66. The van der Waals surface area contributed by atoms with Crippen LogP contribution in [-0.2, 0) is 0 Å². The fraction of sp³-hybridized carbons (Fsp3) is 0.312. The Morgan fingerprint density at radius 1 is 0.947 bits per heavy atom. The van der Waals surface area contributed by atoms with E-state index in [1.165, 1.54) is 44.7 Å². The lowest BCUT2D eigenvalue weighted by Crippen LogP contribution is -1.98. The van der Waals surface area contributed by atoms with Crippen LogP contribution in [0.3, 0.4) is 0 Å². The maximum atomic E-state index is 11.0. The van der Waals surface area contributed by atoms with Gasteiger partial charge >= 0.3 is 5.97 Å². The Morgan fingerprint density at radius 2 is 1.42 bits per heavy atom. The van der Waals surface area contributed by atoms with Crippen molar-refractivity contribution < 1.29 is 9.90 Å². The minimum atomic E-state index is -0.863. The number of carboxylic acids is 1. The van der Waals surface area contributed by atoms with Gasteiger partial charge in [0, 0.05) is 10.3 Å². The van der Waals surface area contributed by atoms with E-state index in [2.05, 4.69) is 34.6 Å². The summed E-state index contributed by atoms with van der Waals surface area (Å²) in [5.74, 6) is -0.863. The molecular weight excluding hydrogens is 256 g/mol. The topological polar surface area (TPSA) is 37.3 Å². The highest BCUT2D eigenvalue weighted by Gasteiger charge is 2.16. The Hall–Kier alpha value is -1.61. The molecule has 19 heavy (non-hydrogen) atoms. The number of hydrogen-bond donors (Lipinski definition) is 1. The lowest BCUT2D eigenvalue weighted by molar-refractivity contribution is 0.0697. The van der Waals surface area contributed by atoms with E-state index in [-0.39, 0.29) is 0 Å². The van der Waals surface area contributed by atoms with E-state index in [1.807, 2.05) is 0 Å². The normalized spacial score (nSPS) is 10.8. The van der Waals surface area contributed by atoms with Crippen LogP contribution in [0.25, 0.3) is 10.4 Å². The van der Waals surface area contributed by atoms with Gasteiger partial charge in [-0.15, -0.1) is 11.3 Å². The van der Waals surface area contributed by atoms with E-state index in [0.717, 1.165) is 4.88 Å². The Labute approximate surface area is 117 Å². The lowest BCUT2D eigenvalue weighted by Gasteiger charge is -2.17. The first-order valence-corrected chi connectivity index (χ1v) is 7.11. The molecule has 0 aliphatic carbocycles. The lowest BCUT2D eigenvalue weighted by atomic mass is 9.89. The highest BCUT2D eigenvalue weighted by atomic mass is 32.1. The van der Waals surface area contributed by atoms with E-state index in [9.17, 15) is 4.79 Å². The molecule has 1 aromatic heterocycles. The molecule has 3 heteroatoms. The van der Waals surface area contributed by atoms with Crippen molar-refractivity contribution in [2.24, 2.45) is 0 Å². The molecule has 2 nitrogen and oxygen atoms in total. The van der Waals surface area contributed by atoms with Gasteiger partial charge in [0.1, 0.15) is 0 Å². The van der Waals surface area contributed by atoms with Crippen molar-refractivity contribution in [2.45, 2.75) is 34.6 Å². The van der Waals surface area contributed by atoms with Crippen molar-refractivity contribution in [3.05, 3.63) is 44.8 Å². The molecule has 1 N–H and O–H groups in total. The number of benzene rings is 1. The van der Waals surface area contributed by atoms with Crippen molar-refractivity contribution in [3.8, 4) is 10.4 Å². The van der Waals surface area contributed by atoms with E-state index in [4.69, 9.17) is 5.11 Å². The Bertz CT molecular complexity index is 637. The fourth-order valence-electron chi connectivity index (χ4n) is 2.45. The van der Waals surface area contributed by atoms with Crippen molar-refractivity contribution in [1.29, 1.82) is 0 Å².